The quantitative estimate of drug-likeness (QED) is 0.280. The zero-order valence-electron chi connectivity index (χ0n) is 27.5. The highest BCUT2D eigenvalue weighted by Gasteiger charge is 2.48. The number of H-pyrrole nitrogens is 1. The van der Waals surface area contributed by atoms with Crippen LogP contribution >= 0.6 is 11.9 Å². The van der Waals surface area contributed by atoms with Crippen LogP contribution in [-0.2, 0) is 21.5 Å². The van der Waals surface area contributed by atoms with Crippen molar-refractivity contribution in [1.82, 2.24) is 14.6 Å². The highest BCUT2D eigenvalue weighted by molar-refractivity contribution is 7.96. The third kappa shape index (κ3) is 5.98. The van der Waals surface area contributed by atoms with Gasteiger partial charge in [-0.1, -0.05) is 24.1 Å². The number of carbonyl (C=O) groups is 2. The van der Waals surface area contributed by atoms with E-state index in [1.54, 1.807) is 11.9 Å². The normalized spacial score (nSPS) is 18.0. The maximum absolute atomic E-state index is 13.9. The second kappa shape index (κ2) is 13.3. The summed E-state index contributed by atoms with van der Waals surface area (Å²) in [6.45, 7) is 12.0. The van der Waals surface area contributed by atoms with Crippen LogP contribution in [0.25, 0.3) is 11.1 Å². The van der Waals surface area contributed by atoms with Crippen molar-refractivity contribution in [3.63, 3.8) is 0 Å². The minimum Gasteiger partial charge on any atom is -0.381 e. The molecule has 2 saturated heterocycles. The average Bonchev–Trinajstić information content (AvgIpc) is 3.31. The molecule has 2 fully saturated rings. The first-order valence-electron chi connectivity index (χ1n) is 16.4. The van der Waals surface area contributed by atoms with Gasteiger partial charge in [0.05, 0.1) is 5.41 Å². The van der Waals surface area contributed by atoms with Gasteiger partial charge in [-0.25, -0.2) is 0 Å². The molecule has 0 bridgehead atoms. The molecule has 0 radical (unpaired) electrons. The number of ether oxygens (including phenoxy) is 1. The van der Waals surface area contributed by atoms with E-state index in [9.17, 15) is 14.4 Å². The number of carbonyl (C=O) groups excluding carboxylic acids is 2. The van der Waals surface area contributed by atoms with Crippen LogP contribution in [0, 0.1) is 20.8 Å². The molecular formula is C36H45N5O4S. The summed E-state index contributed by atoms with van der Waals surface area (Å²) in [7, 11) is 0. The Morgan fingerprint density at radius 1 is 1.07 bits per heavy atom. The molecule has 10 heteroatoms. The van der Waals surface area contributed by atoms with Crippen molar-refractivity contribution in [3.05, 3.63) is 80.3 Å². The van der Waals surface area contributed by atoms with Crippen molar-refractivity contribution in [2.75, 3.05) is 49.3 Å². The van der Waals surface area contributed by atoms with E-state index in [0.717, 1.165) is 103 Å². The lowest BCUT2D eigenvalue weighted by Gasteiger charge is -2.37. The molecule has 0 aliphatic carbocycles. The summed E-state index contributed by atoms with van der Waals surface area (Å²) in [5.74, 6) is -0.139. The number of benzene rings is 2. The Balaban J connectivity index is 1.38. The Kier molecular flexibility index (Phi) is 9.32. The van der Waals surface area contributed by atoms with Crippen LogP contribution < -0.4 is 21.1 Å². The van der Waals surface area contributed by atoms with Crippen molar-refractivity contribution in [3.8, 4) is 11.1 Å². The maximum atomic E-state index is 13.9. The predicted molar refractivity (Wildman–Crippen MR) is 186 cm³/mol. The van der Waals surface area contributed by atoms with E-state index in [2.05, 4.69) is 62.3 Å². The SMILES string of the molecule is CCN(c1cc(-c2ccc3c(c2)NC(=O)C32CCN(SC)CC2)cc(C(=O)NCc2c(C)cc(C)[nH]c2=O)c1C)C1CCOCC1. The fraction of sp³-hybridized carbons (Fsp3) is 0.472. The Morgan fingerprint density at radius 2 is 1.80 bits per heavy atom. The van der Waals surface area contributed by atoms with Crippen LogP contribution in [0.3, 0.4) is 0 Å². The Bertz CT molecular complexity index is 1710. The van der Waals surface area contributed by atoms with E-state index in [1.165, 1.54) is 0 Å². The highest BCUT2D eigenvalue weighted by atomic mass is 32.2. The molecule has 3 aromatic rings. The van der Waals surface area contributed by atoms with Crippen LogP contribution in [-0.4, -0.2) is 66.2 Å². The molecule has 4 heterocycles. The summed E-state index contributed by atoms with van der Waals surface area (Å²) < 4.78 is 7.99. The van der Waals surface area contributed by atoms with Crippen LogP contribution in [0.2, 0.25) is 0 Å². The smallest absolute Gasteiger partial charge is 0.253 e. The number of hydrogen-bond donors (Lipinski definition) is 3. The lowest BCUT2D eigenvalue weighted by molar-refractivity contribution is -0.122. The van der Waals surface area contributed by atoms with Crippen LogP contribution in [0.1, 0.15) is 70.9 Å². The zero-order valence-corrected chi connectivity index (χ0v) is 28.4. The molecule has 0 unspecified atom stereocenters. The number of hydrogen-bond acceptors (Lipinski definition) is 7. The number of nitrogens with zero attached hydrogens (tertiary/aromatic N) is 2. The standard InChI is InChI=1S/C36H45N5O4S/c1-6-41(27-9-15-45-16-10-27)32-20-26(18-28(24(32)4)33(42)37-21-29-22(2)17-23(3)38-34(29)43)25-7-8-30-31(19-25)39-35(44)36(30)11-13-40(46-5)14-12-36/h7-8,17-20,27H,6,9-16,21H2,1-5H3,(H,37,42)(H,38,43)(H,39,44). The van der Waals surface area contributed by atoms with Crippen molar-refractivity contribution in [2.24, 2.45) is 0 Å². The molecule has 3 N–H and O–H groups in total. The number of fused-ring (bicyclic) bond motifs is 2. The molecule has 3 aliphatic heterocycles. The first kappa shape index (κ1) is 32.3. The van der Waals surface area contributed by atoms with Gasteiger partial charge in [0, 0.05) is 73.6 Å². The Labute approximate surface area is 275 Å². The van der Waals surface area contributed by atoms with Crippen molar-refractivity contribution < 1.29 is 14.3 Å². The molecule has 0 atom stereocenters. The molecule has 0 saturated carbocycles. The van der Waals surface area contributed by atoms with E-state index >= 15 is 0 Å². The van der Waals surface area contributed by atoms with Crippen molar-refractivity contribution in [2.45, 2.75) is 71.4 Å². The second-order valence-corrected chi connectivity index (χ2v) is 13.7. The third-order valence-electron chi connectivity index (χ3n) is 10.2. The van der Waals surface area contributed by atoms with Crippen LogP contribution in [0.4, 0.5) is 11.4 Å². The molecule has 2 aromatic carbocycles. The molecule has 1 aromatic heterocycles. The summed E-state index contributed by atoms with van der Waals surface area (Å²) in [4.78, 5) is 45.3. The molecular weight excluding hydrogens is 598 g/mol. The summed E-state index contributed by atoms with van der Waals surface area (Å²) in [6, 6.07) is 12.6. The van der Waals surface area contributed by atoms with E-state index in [0.29, 0.717) is 17.2 Å². The molecule has 3 aliphatic rings. The third-order valence-corrected chi connectivity index (χ3v) is 11.1. The number of anilines is 2. The lowest BCUT2D eigenvalue weighted by Crippen LogP contribution is -2.44. The van der Waals surface area contributed by atoms with Gasteiger partial charge in [-0.15, -0.1) is 0 Å². The Morgan fingerprint density at radius 3 is 2.48 bits per heavy atom. The molecule has 6 rings (SSSR count). The number of pyridine rings is 1. The fourth-order valence-electron chi connectivity index (χ4n) is 7.54. The van der Waals surface area contributed by atoms with Gasteiger partial charge in [-0.3, -0.25) is 18.7 Å². The van der Waals surface area contributed by atoms with E-state index in [-0.39, 0.29) is 23.9 Å². The monoisotopic (exact) mass is 643 g/mol. The number of aromatic nitrogens is 1. The number of nitrogens with one attached hydrogen (secondary N) is 3. The molecule has 244 valence electrons. The van der Waals surface area contributed by atoms with Crippen molar-refractivity contribution in [1.29, 1.82) is 0 Å². The van der Waals surface area contributed by atoms with E-state index < -0.39 is 5.41 Å². The topological polar surface area (TPSA) is 107 Å². The van der Waals surface area contributed by atoms with Gasteiger partial charge >= 0.3 is 0 Å². The van der Waals surface area contributed by atoms with Gasteiger partial charge in [-0.2, -0.15) is 0 Å². The largest absolute Gasteiger partial charge is 0.381 e. The molecule has 9 nitrogen and oxygen atoms in total. The van der Waals surface area contributed by atoms with Gasteiger partial charge < -0.3 is 25.3 Å². The van der Waals surface area contributed by atoms with Gasteiger partial charge in [0.15, 0.2) is 0 Å². The number of aromatic amines is 1. The summed E-state index contributed by atoms with van der Waals surface area (Å²) in [6.07, 6.45) is 5.53. The number of amides is 2. The number of aryl methyl sites for hydroxylation is 2. The summed E-state index contributed by atoms with van der Waals surface area (Å²) in [5, 5.41) is 6.24. The average molecular weight is 644 g/mol. The minimum absolute atomic E-state index is 0.0862. The van der Waals surface area contributed by atoms with Crippen LogP contribution in [0.15, 0.2) is 41.2 Å². The summed E-state index contributed by atoms with van der Waals surface area (Å²) in [5.41, 5.74) is 7.81. The van der Waals surface area contributed by atoms with Gasteiger partial charge in [-0.05, 0) is 112 Å². The first-order chi connectivity index (χ1) is 22.1. The Hall–Kier alpha value is -3.60. The van der Waals surface area contributed by atoms with E-state index in [1.807, 2.05) is 32.9 Å². The van der Waals surface area contributed by atoms with Gasteiger partial charge in [0.25, 0.3) is 11.5 Å². The zero-order chi connectivity index (χ0) is 32.6. The molecule has 46 heavy (non-hydrogen) atoms. The fourth-order valence-corrected chi connectivity index (χ4v) is 8.09. The first-order valence-corrected chi connectivity index (χ1v) is 17.6. The second-order valence-electron chi connectivity index (χ2n) is 12.8. The number of rotatable bonds is 8. The van der Waals surface area contributed by atoms with Crippen molar-refractivity contribution >= 4 is 35.1 Å². The van der Waals surface area contributed by atoms with E-state index in [4.69, 9.17) is 4.74 Å². The predicted octanol–water partition coefficient (Wildman–Crippen LogP) is 5.47. The molecule has 2 amide bonds. The maximum Gasteiger partial charge on any atom is 0.253 e. The van der Waals surface area contributed by atoms with Gasteiger partial charge in [0.1, 0.15) is 0 Å². The minimum atomic E-state index is -0.488. The van der Waals surface area contributed by atoms with Crippen LogP contribution in [0.5, 0.6) is 0 Å². The molecule has 1 spiro atoms. The number of piperidine rings is 1. The summed E-state index contributed by atoms with van der Waals surface area (Å²) >= 11 is 1.74. The highest BCUT2D eigenvalue weighted by Crippen LogP contribution is 2.47. The van der Waals surface area contributed by atoms with Gasteiger partial charge in [0.2, 0.25) is 5.91 Å². The lowest BCUT2D eigenvalue weighted by atomic mass is 9.74.